The largest absolute Gasteiger partial charge is 0.467 e. The molecule has 0 heterocycles. The minimum atomic E-state index is -0.690. The van der Waals surface area contributed by atoms with Gasteiger partial charge < -0.3 is 20.1 Å². The van der Waals surface area contributed by atoms with Crippen molar-refractivity contribution >= 4 is 23.8 Å². The van der Waals surface area contributed by atoms with Gasteiger partial charge in [0.2, 0.25) is 0 Å². The van der Waals surface area contributed by atoms with Gasteiger partial charge in [0, 0.05) is 11.1 Å². The molecule has 0 spiro atoms. The number of ether oxygens (including phenoxy) is 2. The van der Waals surface area contributed by atoms with Crippen molar-refractivity contribution in [2.24, 2.45) is 0 Å². The Morgan fingerprint density at radius 2 is 1.25 bits per heavy atom. The third kappa shape index (κ3) is 8.83. The number of esters is 2. The van der Waals surface area contributed by atoms with Crippen molar-refractivity contribution in [2.45, 2.75) is 25.4 Å². The summed E-state index contributed by atoms with van der Waals surface area (Å²) in [5.41, 5.74) is 1.03. The lowest BCUT2D eigenvalue weighted by Gasteiger charge is -2.14. The molecular weight excluding hydrogens is 412 g/mol. The quantitative estimate of drug-likeness (QED) is 0.482. The molecule has 2 aromatic carbocycles. The molecule has 0 aliphatic carbocycles. The van der Waals surface area contributed by atoms with Crippen molar-refractivity contribution < 1.29 is 28.7 Å². The summed E-state index contributed by atoms with van der Waals surface area (Å²) in [5, 5.41) is 5.13. The smallest absolute Gasteiger partial charge is 0.328 e. The third-order valence-corrected chi connectivity index (χ3v) is 4.17. The number of carbonyl (C=O) groups is 4. The van der Waals surface area contributed by atoms with E-state index in [4.69, 9.17) is 0 Å². The topological polar surface area (TPSA) is 111 Å². The van der Waals surface area contributed by atoms with Crippen LogP contribution in [0.1, 0.15) is 34.1 Å². The number of rotatable bonds is 8. The summed E-state index contributed by atoms with van der Waals surface area (Å²) in [4.78, 5) is 45.8. The molecule has 0 bridgehead atoms. The van der Waals surface area contributed by atoms with Gasteiger partial charge >= 0.3 is 11.9 Å². The molecule has 0 saturated carbocycles. The number of methoxy groups -OCH3 is 2. The van der Waals surface area contributed by atoms with Crippen LogP contribution in [0.2, 0.25) is 0 Å². The average molecular weight is 440 g/mol. The molecule has 0 aromatic heterocycles. The van der Waals surface area contributed by atoms with E-state index in [1.54, 1.807) is 61.5 Å². The summed E-state index contributed by atoms with van der Waals surface area (Å²) in [6.07, 6.45) is 1.90. The van der Waals surface area contributed by atoms with Gasteiger partial charge in [0.15, 0.2) is 0 Å². The maximum absolute atomic E-state index is 11.8. The molecule has 0 aliphatic heterocycles. The molecule has 2 rings (SSSR count). The Morgan fingerprint density at radius 1 is 0.812 bits per heavy atom. The zero-order chi connectivity index (χ0) is 23.9. The predicted octanol–water partition coefficient (Wildman–Crippen LogP) is 2.51. The summed E-state index contributed by atoms with van der Waals surface area (Å²) in [5.74, 6) is -1.52. The van der Waals surface area contributed by atoms with E-state index in [1.807, 2.05) is 12.1 Å². The molecule has 2 atom stereocenters. The van der Waals surface area contributed by atoms with Crippen molar-refractivity contribution in [1.82, 2.24) is 10.6 Å². The standard InChI is InChI=1S/C13H15NO3.C11H13NO3/c1-3-7-11(13(16)17-2)14-12(15)10-8-5-4-6-9-10;1-8(11(14)15-2)12-10(13)9-6-4-3-5-7-9/h3-6,8-9,11H,1,7H2,2H3,(H,14,15);3-8H,1-2H3,(H,12,13)/t11-;8-/m00/s1. The minimum Gasteiger partial charge on any atom is -0.467 e. The average Bonchev–Trinajstić information content (AvgIpc) is 2.84. The van der Waals surface area contributed by atoms with Gasteiger partial charge in [-0.1, -0.05) is 42.5 Å². The molecule has 8 heteroatoms. The first-order chi connectivity index (χ1) is 15.3. The van der Waals surface area contributed by atoms with E-state index < -0.39 is 24.0 Å². The van der Waals surface area contributed by atoms with Crippen LogP contribution in [0.25, 0.3) is 0 Å². The zero-order valence-electron chi connectivity index (χ0n) is 18.4. The second kappa shape index (κ2) is 14.1. The van der Waals surface area contributed by atoms with E-state index in [9.17, 15) is 19.2 Å². The summed E-state index contributed by atoms with van der Waals surface area (Å²) in [6.45, 7) is 5.11. The molecule has 32 heavy (non-hydrogen) atoms. The summed E-state index contributed by atoms with van der Waals surface area (Å²) in [7, 11) is 2.57. The van der Waals surface area contributed by atoms with Crippen molar-refractivity contribution in [3.05, 3.63) is 84.4 Å². The van der Waals surface area contributed by atoms with E-state index in [1.165, 1.54) is 14.2 Å². The SMILES string of the molecule is C=CC[C@H](NC(=O)c1ccccc1)C(=O)OC.COC(=O)[C@H](C)NC(=O)c1ccccc1. The zero-order valence-corrected chi connectivity index (χ0v) is 18.4. The van der Waals surface area contributed by atoms with E-state index in [2.05, 4.69) is 26.7 Å². The Kier molecular flexibility index (Phi) is 11.5. The molecule has 8 nitrogen and oxygen atoms in total. The lowest BCUT2D eigenvalue weighted by atomic mass is 10.1. The molecule has 0 fully saturated rings. The van der Waals surface area contributed by atoms with Gasteiger partial charge in [0.1, 0.15) is 12.1 Å². The first kappa shape index (κ1) is 26.1. The van der Waals surface area contributed by atoms with Crippen LogP contribution in [-0.4, -0.2) is 50.1 Å². The number of hydrogen-bond donors (Lipinski definition) is 2. The van der Waals surface area contributed by atoms with Gasteiger partial charge in [0.05, 0.1) is 14.2 Å². The molecule has 2 amide bonds. The molecule has 0 aliphatic rings. The van der Waals surface area contributed by atoms with Crippen LogP contribution in [0.4, 0.5) is 0 Å². The molecular formula is C24H28N2O6. The van der Waals surface area contributed by atoms with Gasteiger partial charge in [-0.3, -0.25) is 9.59 Å². The maximum atomic E-state index is 11.8. The van der Waals surface area contributed by atoms with Crippen molar-refractivity contribution in [3.8, 4) is 0 Å². The van der Waals surface area contributed by atoms with Gasteiger partial charge in [-0.2, -0.15) is 0 Å². The highest BCUT2D eigenvalue weighted by Gasteiger charge is 2.20. The van der Waals surface area contributed by atoms with Gasteiger partial charge in [-0.05, 0) is 37.6 Å². The molecule has 0 saturated heterocycles. The highest BCUT2D eigenvalue weighted by Crippen LogP contribution is 2.02. The Morgan fingerprint density at radius 3 is 1.66 bits per heavy atom. The fourth-order valence-corrected chi connectivity index (χ4v) is 2.46. The van der Waals surface area contributed by atoms with Crippen LogP contribution < -0.4 is 10.6 Å². The van der Waals surface area contributed by atoms with Gasteiger partial charge in [0.25, 0.3) is 11.8 Å². The highest BCUT2D eigenvalue weighted by molar-refractivity contribution is 5.97. The van der Waals surface area contributed by atoms with E-state index in [-0.39, 0.29) is 11.8 Å². The second-order valence-corrected chi connectivity index (χ2v) is 6.52. The fraction of sp³-hybridized carbons (Fsp3) is 0.250. The molecule has 170 valence electrons. The van der Waals surface area contributed by atoms with Crippen LogP contribution in [0.5, 0.6) is 0 Å². The Labute approximate surface area is 187 Å². The van der Waals surface area contributed by atoms with Gasteiger partial charge in [-0.15, -0.1) is 6.58 Å². The Balaban J connectivity index is 0.000000323. The van der Waals surface area contributed by atoms with Crippen molar-refractivity contribution in [1.29, 1.82) is 0 Å². The van der Waals surface area contributed by atoms with Crippen LogP contribution in [-0.2, 0) is 19.1 Å². The molecule has 0 unspecified atom stereocenters. The number of benzene rings is 2. The van der Waals surface area contributed by atoms with Crippen LogP contribution in [0.15, 0.2) is 73.3 Å². The fourth-order valence-electron chi connectivity index (χ4n) is 2.46. The van der Waals surface area contributed by atoms with Crippen LogP contribution >= 0.6 is 0 Å². The maximum Gasteiger partial charge on any atom is 0.328 e. The van der Waals surface area contributed by atoms with E-state index >= 15 is 0 Å². The van der Waals surface area contributed by atoms with Gasteiger partial charge in [-0.25, -0.2) is 9.59 Å². The second-order valence-electron chi connectivity index (χ2n) is 6.52. The normalized spacial score (nSPS) is 11.5. The van der Waals surface area contributed by atoms with E-state index in [0.717, 1.165) is 0 Å². The number of amides is 2. The lowest BCUT2D eigenvalue weighted by Crippen LogP contribution is -2.41. The van der Waals surface area contributed by atoms with Crippen molar-refractivity contribution in [2.75, 3.05) is 14.2 Å². The summed E-state index contributed by atoms with van der Waals surface area (Å²) >= 11 is 0. The Hall–Kier alpha value is -3.94. The molecule has 0 radical (unpaired) electrons. The molecule has 2 aromatic rings. The van der Waals surface area contributed by atoms with Crippen molar-refractivity contribution in [3.63, 3.8) is 0 Å². The number of carbonyl (C=O) groups excluding carboxylic acids is 4. The van der Waals surface area contributed by atoms with Crippen LogP contribution in [0.3, 0.4) is 0 Å². The summed E-state index contributed by atoms with van der Waals surface area (Å²) in [6, 6.07) is 16.1. The minimum absolute atomic E-state index is 0.284. The predicted molar refractivity (Wildman–Crippen MR) is 120 cm³/mol. The van der Waals surface area contributed by atoms with E-state index in [0.29, 0.717) is 17.5 Å². The van der Waals surface area contributed by atoms with Crippen LogP contribution in [0, 0.1) is 0 Å². The lowest BCUT2D eigenvalue weighted by molar-refractivity contribution is -0.143. The number of hydrogen-bond acceptors (Lipinski definition) is 6. The molecule has 2 N–H and O–H groups in total. The number of nitrogens with one attached hydrogen (secondary N) is 2. The first-order valence-electron chi connectivity index (χ1n) is 9.82. The highest BCUT2D eigenvalue weighted by atomic mass is 16.5. The monoisotopic (exact) mass is 440 g/mol. The summed E-state index contributed by atoms with van der Waals surface area (Å²) < 4.78 is 9.10. The third-order valence-electron chi connectivity index (χ3n) is 4.17. The first-order valence-corrected chi connectivity index (χ1v) is 9.82. The Bertz CT molecular complexity index is 899.